The summed E-state index contributed by atoms with van der Waals surface area (Å²) in [5.41, 5.74) is 1.02. The van der Waals surface area contributed by atoms with Crippen molar-refractivity contribution in [3.8, 4) is 0 Å². The Kier molecular flexibility index (Phi) is 3.82. The smallest absolute Gasteiger partial charge is 0.142 e. The van der Waals surface area contributed by atoms with Crippen LogP contribution in [0.2, 0.25) is 0 Å². The van der Waals surface area contributed by atoms with Crippen molar-refractivity contribution in [1.82, 2.24) is 0 Å². The van der Waals surface area contributed by atoms with Gasteiger partial charge in [0.05, 0.1) is 0 Å². The molecule has 1 unspecified atom stereocenters. The molecule has 0 amide bonds. The molecule has 2 aromatic carbocycles. The molecule has 0 aromatic heterocycles. The van der Waals surface area contributed by atoms with E-state index in [0.29, 0.717) is 16.0 Å². The Labute approximate surface area is 104 Å². The number of rotatable bonds is 3. The second-order valence-corrected chi connectivity index (χ2v) is 4.52. The number of benzene rings is 2. The van der Waals surface area contributed by atoms with E-state index in [1.165, 1.54) is 11.8 Å². The van der Waals surface area contributed by atoms with Gasteiger partial charge in [-0.1, -0.05) is 42.5 Å². The lowest BCUT2D eigenvalue weighted by Crippen LogP contribution is -2.03. The molecule has 0 radical (unpaired) electrons. The van der Waals surface area contributed by atoms with Gasteiger partial charge in [-0.05, 0) is 17.9 Å². The zero-order valence-electron chi connectivity index (χ0n) is 9.43. The molecule has 0 aliphatic rings. The Morgan fingerprint density at radius 2 is 1.76 bits per heavy atom. The normalized spacial score (nSPS) is 12.4. The highest BCUT2D eigenvalue weighted by atomic mass is 32.2. The number of halogens is 1. The van der Waals surface area contributed by atoms with E-state index in [-0.39, 0.29) is 5.82 Å². The molecule has 0 aliphatic carbocycles. The Morgan fingerprint density at radius 1 is 1.06 bits per heavy atom. The second kappa shape index (κ2) is 5.34. The predicted molar refractivity (Wildman–Crippen MR) is 68.7 cm³/mol. The highest BCUT2D eigenvalue weighted by molar-refractivity contribution is 7.98. The maximum atomic E-state index is 14.0. The van der Waals surface area contributed by atoms with Crippen molar-refractivity contribution in [3.63, 3.8) is 0 Å². The fraction of sp³-hybridized carbons (Fsp3) is 0.143. The molecule has 1 nitrogen and oxygen atoms in total. The van der Waals surface area contributed by atoms with Gasteiger partial charge in [-0.25, -0.2) is 4.39 Å². The maximum absolute atomic E-state index is 14.0. The first-order valence-electron chi connectivity index (χ1n) is 5.29. The fourth-order valence-corrected chi connectivity index (χ4v) is 2.22. The number of thioether (sulfide) groups is 1. The lowest BCUT2D eigenvalue weighted by Gasteiger charge is -2.13. The van der Waals surface area contributed by atoms with E-state index in [1.54, 1.807) is 30.3 Å². The molecule has 0 aliphatic heterocycles. The van der Waals surface area contributed by atoms with Gasteiger partial charge in [-0.15, -0.1) is 11.8 Å². The Hall–Kier alpha value is -1.32. The molecule has 88 valence electrons. The molecule has 0 saturated carbocycles. The topological polar surface area (TPSA) is 20.2 Å². The third kappa shape index (κ3) is 2.51. The van der Waals surface area contributed by atoms with Gasteiger partial charge in [-0.2, -0.15) is 0 Å². The summed E-state index contributed by atoms with van der Waals surface area (Å²) in [4.78, 5) is 0.553. The summed E-state index contributed by atoms with van der Waals surface area (Å²) >= 11 is 1.34. The molecule has 17 heavy (non-hydrogen) atoms. The lowest BCUT2D eigenvalue weighted by molar-refractivity contribution is 0.214. The quantitative estimate of drug-likeness (QED) is 0.837. The summed E-state index contributed by atoms with van der Waals surface area (Å²) in [6, 6.07) is 14.2. The van der Waals surface area contributed by atoms with Gasteiger partial charge in [0.2, 0.25) is 0 Å². The van der Waals surface area contributed by atoms with Crippen LogP contribution in [0.15, 0.2) is 53.4 Å². The van der Waals surface area contributed by atoms with Crippen LogP contribution in [0.3, 0.4) is 0 Å². The third-order valence-electron chi connectivity index (χ3n) is 2.62. The molecule has 0 heterocycles. The number of hydrogen-bond donors (Lipinski definition) is 1. The fourth-order valence-electron chi connectivity index (χ4n) is 1.71. The van der Waals surface area contributed by atoms with Crippen LogP contribution >= 0.6 is 11.8 Å². The SMILES string of the molecule is CSc1cccc(C(O)c2ccccc2)c1F. The Balaban J connectivity index is 2.41. The van der Waals surface area contributed by atoms with E-state index in [0.717, 1.165) is 0 Å². The average molecular weight is 248 g/mol. The molecule has 0 spiro atoms. The van der Waals surface area contributed by atoms with Gasteiger partial charge >= 0.3 is 0 Å². The Bertz CT molecular complexity index is 499. The molecule has 0 saturated heterocycles. The summed E-state index contributed by atoms with van der Waals surface area (Å²) in [6.45, 7) is 0. The van der Waals surface area contributed by atoms with Crippen molar-refractivity contribution in [2.45, 2.75) is 11.0 Å². The summed E-state index contributed by atoms with van der Waals surface area (Å²) < 4.78 is 14.0. The van der Waals surface area contributed by atoms with Crippen molar-refractivity contribution in [3.05, 3.63) is 65.5 Å². The first kappa shape index (κ1) is 12.1. The van der Waals surface area contributed by atoms with Crippen LogP contribution in [0.4, 0.5) is 4.39 Å². The molecule has 1 N–H and O–H groups in total. The van der Waals surface area contributed by atoms with E-state index < -0.39 is 6.10 Å². The minimum absolute atomic E-state index is 0.322. The van der Waals surface area contributed by atoms with Crippen molar-refractivity contribution < 1.29 is 9.50 Å². The highest BCUT2D eigenvalue weighted by Gasteiger charge is 2.16. The van der Waals surface area contributed by atoms with E-state index in [9.17, 15) is 9.50 Å². The van der Waals surface area contributed by atoms with Crippen LogP contribution in [-0.4, -0.2) is 11.4 Å². The first-order chi connectivity index (χ1) is 8.24. The van der Waals surface area contributed by atoms with Crippen molar-refractivity contribution in [1.29, 1.82) is 0 Å². The summed E-state index contributed by atoms with van der Waals surface area (Å²) in [6.07, 6.45) is 0.903. The summed E-state index contributed by atoms with van der Waals surface area (Å²) in [7, 11) is 0. The van der Waals surface area contributed by atoms with Crippen LogP contribution in [0.1, 0.15) is 17.2 Å². The zero-order chi connectivity index (χ0) is 12.3. The summed E-state index contributed by atoms with van der Waals surface area (Å²) in [5.74, 6) is -0.337. The van der Waals surface area contributed by atoms with E-state index in [1.807, 2.05) is 24.5 Å². The number of aliphatic hydroxyl groups is 1. The van der Waals surface area contributed by atoms with Gasteiger partial charge in [0.25, 0.3) is 0 Å². The highest BCUT2D eigenvalue weighted by Crippen LogP contribution is 2.29. The summed E-state index contributed by atoms with van der Waals surface area (Å²) in [5, 5.41) is 10.1. The standard InChI is InChI=1S/C14H13FOS/c1-17-12-9-5-8-11(13(12)15)14(16)10-6-3-2-4-7-10/h2-9,14,16H,1H3. The van der Waals surface area contributed by atoms with Gasteiger partial charge in [0.1, 0.15) is 11.9 Å². The minimum Gasteiger partial charge on any atom is -0.384 e. The van der Waals surface area contributed by atoms with E-state index >= 15 is 0 Å². The van der Waals surface area contributed by atoms with Crippen LogP contribution in [0, 0.1) is 5.82 Å². The first-order valence-corrected chi connectivity index (χ1v) is 6.52. The molecule has 1 atom stereocenters. The monoisotopic (exact) mass is 248 g/mol. The number of aliphatic hydroxyl groups excluding tert-OH is 1. The molecule has 0 bridgehead atoms. The van der Waals surface area contributed by atoms with E-state index in [4.69, 9.17) is 0 Å². The van der Waals surface area contributed by atoms with Crippen molar-refractivity contribution in [2.75, 3.05) is 6.26 Å². The van der Waals surface area contributed by atoms with Crippen LogP contribution in [0.25, 0.3) is 0 Å². The van der Waals surface area contributed by atoms with Gasteiger partial charge in [-0.3, -0.25) is 0 Å². The van der Waals surface area contributed by atoms with E-state index in [2.05, 4.69) is 0 Å². The number of hydrogen-bond acceptors (Lipinski definition) is 2. The molecule has 2 aromatic rings. The molecular weight excluding hydrogens is 235 g/mol. The molecular formula is C14H13FOS. The second-order valence-electron chi connectivity index (χ2n) is 3.68. The van der Waals surface area contributed by atoms with Gasteiger partial charge in [0.15, 0.2) is 0 Å². The zero-order valence-corrected chi connectivity index (χ0v) is 10.2. The van der Waals surface area contributed by atoms with Crippen molar-refractivity contribution >= 4 is 11.8 Å². The van der Waals surface area contributed by atoms with Crippen LogP contribution in [0.5, 0.6) is 0 Å². The lowest BCUT2D eigenvalue weighted by atomic mass is 10.0. The third-order valence-corrected chi connectivity index (χ3v) is 3.38. The van der Waals surface area contributed by atoms with Gasteiger partial charge < -0.3 is 5.11 Å². The predicted octanol–water partition coefficient (Wildman–Crippen LogP) is 3.63. The van der Waals surface area contributed by atoms with Crippen molar-refractivity contribution in [2.24, 2.45) is 0 Å². The van der Waals surface area contributed by atoms with Crippen LogP contribution in [-0.2, 0) is 0 Å². The molecule has 3 heteroatoms. The average Bonchev–Trinajstić information content (AvgIpc) is 2.39. The largest absolute Gasteiger partial charge is 0.384 e. The molecule has 2 rings (SSSR count). The van der Waals surface area contributed by atoms with Crippen LogP contribution < -0.4 is 0 Å². The molecule has 0 fully saturated rings. The maximum Gasteiger partial charge on any atom is 0.142 e. The van der Waals surface area contributed by atoms with Gasteiger partial charge in [0, 0.05) is 10.5 Å². The Morgan fingerprint density at radius 3 is 2.41 bits per heavy atom. The minimum atomic E-state index is -0.914.